The van der Waals surface area contributed by atoms with Crippen LogP contribution in [0.3, 0.4) is 0 Å². The molecule has 0 radical (unpaired) electrons. The number of aromatic nitrogens is 1. The monoisotopic (exact) mass is 351 g/mol. The number of halogens is 1. The number of rotatable bonds is 7. The van der Waals surface area contributed by atoms with E-state index in [4.69, 9.17) is 0 Å². The van der Waals surface area contributed by atoms with Crippen molar-refractivity contribution in [2.45, 2.75) is 70.6 Å². The Morgan fingerprint density at radius 1 is 1.36 bits per heavy atom. The van der Waals surface area contributed by atoms with Gasteiger partial charge in [0.05, 0.1) is 12.3 Å². The number of aliphatic hydroxyl groups excluding tert-OH is 1. The Labute approximate surface area is 149 Å². The standard InChI is InChI=1S/C19H30FN3O2/c1-13(24)23-19(2,3)9-14-4-6-17(7-5-14)22-12-18(25)15-8-16(20)11-21-10-15/h8,10-11,14,17-18,22,25H,4-7,9,12H2,1-3H3,(H,23,24)/t14?,17?,18-/m0/s1. The molecule has 1 aliphatic rings. The molecule has 25 heavy (non-hydrogen) atoms. The van der Waals surface area contributed by atoms with Crippen LogP contribution < -0.4 is 10.6 Å². The Hall–Kier alpha value is -1.53. The first kappa shape index (κ1) is 19.8. The van der Waals surface area contributed by atoms with Crippen LogP contribution in [0.15, 0.2) is 18.5 Å². The topological polar surface area (TPSA) is 74.2 Å². The third-order valence-corrected chi connectivity index (χ3v) is 4.87. The lowest BCUT2D eigenvalue weighted by atomic mass is 9.79. The number of nitrogens with one attached hydrogen (secondary N) is 2. The zero-order chi connectivity index (χ0) is 18.4. The van der Waals surface area contributed by atoms with Gasteiger partial charge in [0.2, 0.25) is 5.91 Å². The van der Waals surface area contributed by atoms with Gasteiger partial charge in [0, 0.05) is 36.8 Å². The quantitative estimate of drug-likeness (QED) is 0.706. The summed E-state index contributed by atoms with van der Waals surface area (Å²) in [5.41, 5.74) is 0.329. The molecule has 2 rings (SSSR count). The maximum atomic E-state index is 13.2. The van der Waals surface area contributed by atoms with E-state index in [1.807, 2.05) is 0 Å². The molecule has 0 aliphatic heterocycles. The van der Waals surface area contributed by atoms with Crippen LogP contribution in [0.5, 0.6) is 0 Å². The average molecular weight is 351 g/mol. The van der Waals surface area contributed by atoms with Crippen molar-refractivity contribution in [2.75, 3.05) is 6.54 Å². The lowest BCUT2D eigenvalue weighted by molar-refractivity contribution is -0.120. The summed E-state index contributed by atoms with van der Waals surface area (Å²) in [7, 11) is 0. The predicted molar refractivity (Wildman–Crippen MR) is 95.4 cm³/mol. The highest BCUT2D eigenvalue weighted by molar-refractivity contribution is 5.73. The van der Waals surface area contributed by atoms with E-state index < -0.39 is 11.9 Å². The highest BCUT2D eigenvalue weighted by Crippen LogP contribution is 2.31. The first-order chi connectivity index (χ1) is 11.7. The van der Waals surface area contributed by atoms with Crippen molar-refractivity contribution in [3.63, 3.8) is 0 Å². The summed E-state index contributed by atoms with van der Waals surface area (Å²) in [5.74, 6) is 0.192. The molecule has 1 fully saturated rings. The van der Waals surface area contributed by atoms with E-state index in [1.54, 1.807) is 6.92 Å². The summed E-state index contributed by atoms with van der Waals surface area (Å²) in [6, 6.07) is 1.69. The van der Waals surface area contributed by atoms with Gasteiger partial charge in [0.15, 0.2) is 0 Å². The van der Waals surface area contributed by atoms with Gasteiger partial charge in [-0.3, -0.25) is 9.78 Å². The fraction of sp³-hybridized carbons (Fsp3) is 0.684. The third kappa shape index (κ3) is 6.71. The van der Waals surface area contributed by atoms with Gasteiger partial charge in [0.25, 0.3) is 0 Å². The maximum Gasteiger partial charge on any atom is 0.217 e. The van der Waals surface area contributed by atoms with E-state index in [-0.39, 0.29) is 11.4 Å². The normalized spacial score (nSPS) is 22.4. The SMILES string of the molecule is CC(=O)NC(C)(C)CC1CCC(NC[C@H](O)c2cncc(F)c2)CC1. The van der Waals surface area contributed by atoms with Gasteiger partial charge >= 0.3 is 0 Å². The van der Waals surface area contributed by atoms with Gasteiger partial charge in [-0.1, -0.05) is 0 Å². The van der Waals surface area contributed by atoms with Crippen LogP contribution >= 0.6 is 0 Å². The Balaban J connectivity index is 1.72. The molecule has 0 unspecified atom stereocenters. The summed E-state index contributed by atoms with van der Waals surface area (Å²) in [6.45, 7) is 6.10. The van der Waals surface area contributed by atoms with Crippen molar-refractivity contribution >= 4 is 5.91 Å². The lowest BCUT2D eigenvalue weighted by Crippen LogP contribution is -2.44. The Morgan fingerprint density at radius 2 is 2.04 bits per heavy atom. The van der Waals surface area contributed by atoms with Gasteiger partial charge < -0.3 is 15.7 Å². The zero-order valence-electron chi connectivity index (χ0n) is 15.4. The predicted octanol–water partition coefficient (Wildman–Crippen LogP) is 2.71. The molecule has 1 saturated carbocycles. The molecule has 1 aromatic rings. The van der Waals surface area contributed by atoms with E-state index in [0.717, 1.165) is 38.3 Å². The van der Waals surface area contributed by atoms with Gasteiger partial charge in [-0.25, -0.2) is 4.39 Å². The molecule has 0 bridgehead atoms. The molecule has 5 nitrogen and oxygen atoms in total. The molecule has 1 heterocycles. The minimum absolute atomic E-state index is 0.0150. The minimum Gasteiger partial charge on any atom is -0.387 e. The molecule has 0 saturated heterocycles. The number of pyridine rings is 1. The average Bonchev–Trinajstić information content (AvgIpc) is 2.52. The van der Waals surface area contributed by atoms with E-state index >= 15 is 0 Å². The number of hydrogen-bond donors (Lipinski definition) is 3. The number of carbonyl (C=O) groups is 1. The third-order valence-electron chi connectivity index (χ3n) is 4.87. The van der Waals surface area contributed by atoms with Crippen LogP contribution in [0.4, 0.5) is 4.39 Å². The molecular weight excluding hydrogens is 321 g/mol. The second-order valence-corrected chi connectivity index (χ2v) is 7.85. The molecule has 1 atom stereocenters. The van der Waals surface area contributed by atoms with Crippen molar-refractivity contribution in [1.29, 1.82) is 0 Å². The summed E-state index contributed by atoms with van der Waals surface area (Å²) < 4.78 is 13.2. The number of aliphatic hydroxyl groups is 1. The van der Waals surface area contributed by atoms with Crippen molar-refractivity contribution < 1.29 is 14.3 Å². The van der Waals surface area contributed by atoms with Crippen LogP contribution in [-0.4, -0.2) is 34.1 Å². The van der Waals surface area contributed by atoms with Crippen molar-refractivity contribution in [3.05, 3.63) is 29.8 Å². The highest BCUT2D eigenvalue weighted by atomic mass is 19.1. The maximum absolute atomic E-state index is 13.2. The first-order valence-electron chi connectivity index (χ1n) is 9.06. The zero-order valence-corrected chi connectivity index (χ0v) is 15.4. The highest BCUT2D eigenvalue weighted by Gasteiger charge is 2.28. The summed E-state index contributed by atoms with van der Waals surface area (Å²) in [6.07, 6.45) is 7.18. The van der Waals surface area contributed by atoms with E-state index in [1.165, 1.54) is 12.3 Å². The second-order valence-electron chi connectivity index (χ2n) is 7.85. The molecule has 1 aliphatic carbocycles. The van der Waals surface area contributed by atoms with Crippen molar-refractivity contribution in [3.8, 4) is 0 Å². The van der Waals surface area contributed by atoms with E-state index in [0.29, 0.717) is 24.1 Å². The fourth-order valence-electron chi connectivity index (χ4n) is 3.83. The van der Waals surface area contributed by atoms with Gasteiger partial charge in [-0.05, 0) is 57.9 Å². The number of amides is 1. The van der Waals surface area contributed by atoms with Crippen molar-refractivity contribution in [2.24, 2.45) is 5.92 Å². The van der Waals surface area contributed by atoms with E-state index in [2.05, 4.69) is 29.5 Å². The number of carbonyl (C=O) groups excluding carboxylic acids is 1. The molecule has 1 amide bonds. The molecule has 140 valence electrons. The van der Waals surface area contributed by atoms with Crippen LogP contribution in [0.2, 0.25) is 0 Å². The Morgan fingerprint density at radius 3 is 2.64 bits per heavy atom. The summed E-state index contributed by atoms with van der Waals surface area (Å²) in [4.78, 5) is 15.0. The number of hydrogen-bond acceptors (Lipinski definition) is 4. The van der Waals surface area contributed by atoms with Crippen LogP contribution in [0, 0.1) is 11.7 Å². The molecule has 0 spiro atoms. The fourth-order valence-corrected chi connectivity index (χ4v) is 3.83. The van der Waals surface area contributed by atoms with Crippen LogP contribution in [0.1, 0.15) is 64.5 Å². The van der Waals surface area contributed by atoms with Gasteiger partial charge in [-0.15, -0.1) is 0 Å². The first-order valence-corrected chi connectivity index (χ1v) is 9.06. The Bertz CT molecular complexity index is 572. The smallest absolute Gasteiger partial charge is 0.217 e. The molecule has 6 heteroatoms. The Kier molecular flexibility index (Phi) is 6.90. The van der Waals surface area contributed by atoms with Crippen molar-refractivity contribution in [1.82, 2.24) is 15.6 Å². The van der Waals surface area contributed by atoms with E-state index in [9.17, 15) is 14.3 Å². The lowest BCUT2D eigenvalue weighted by Gasteiger charge is -2.35. The molecule has 1 aromatic heterocycles. The largest absolute Gasteiger partial charge is 0.387 e. The van der Waals surface area contributed by atoms with Gasteiger partial charge in [-0.2, -0.15) is 0 Å². The molecule has 3 N–H and O–H groups in total. The van der Waals surface area contributed by atoms with Crippen LogP contribution in [-0.2, 0) is 4.79 Å². The minimum atomic E-state index is -0.750. The van der Waals surface area contributed by atoms with Gasteiger partial charge in [0.1, 0.15) is 5.82 Å². The summed E-state index contributed by atoms with van der Waals surface area (Å²) >= 11 is 0. The molecule has 0 aromatic carbocycles. The molecular formula is C19H30FN3O2. The second kappa shape index (κ2) is 8.72. The summed E-state index contributed by atoms with van der Waals surface area (Å²) in [5, 5.41) is 16.6. The number of nitrogens with zero attached hydrogens (tertiary/aromatic N) is 1. The van der Waals surface area contributed by atoms with Crippen LogP contribution in [0.25, 0.3) is 0 Å².